The first kappa shape index (κ1) is 13.7. The molecule has 6 nitrogen and oxygen atoms in total. The van der Waals surface area contributed by atoms with E-state index in [1.165, 1.54) is 0 Å². The van der Waals surface area contributed by atoms with Gasteiger partial charge < -0.3 is 15.6 Å². The van der Waals surface area contributed by atoms with Gasteiger partial charge in [-0.2, -0.15) is 5.10 Å². The molecule has 0 radical (unpaired) electrons. The number of aryl methyl sites for hydroxylation is 2. The molecule has 3 N–H and O–H groups in total. The number of amides is 1. The molecule has 1 saturated heterocycles. The molecule has 0 aromatic carbocycles. The Morgan fingerprint density at radius 3 is 3.05 bits per heavy atom. The van der Waals surface area contributed by atoms with E-state index >= 15 is 0 Å². The zero-order valence-electron chi connectivity index (χ0n) is 12.5. The largest absolute Gasteiger partial charge is 0.395 e. The van der Waals surface area contributed by atoms with Crippen molar-refractivity contribution in [3.8, 4) is 0 Å². The molecule has 0 saturated carbocycles. The standard InChI is InChI=1S/C15H21N5O/c1-3-20-14(13(16)10(2)18-20)15(21)19-9-5-7-12(19)11-6-4-8-17-11/h4,6,8,12,17H,3,5,7,9,16H2,1-2H3. The van der Waals surface area contributed by atoms with Crippen LogP contribution in [0.5, 0.6) is 0 Å². The van der Waals surface area contributed by atoms with Gasteiger partial charge in [0, 0.05) is 25.0 Å². The summed E-state index contributed by atoms with van der Waals surface area (Å²) in [5, 5.41) is 4.35. The SMILES string of the molecule is CCn1nc(C)c(N)c1C(=O)N1CCCC1c1ccc[nH]1. The van der Waals surface area contributed by atoms with Gasteiger partial charge in [-0.25, -0.2) is 0 Å². The number of carbonyl (C=O) groups excluding carboxylic acids is 1. The van der Waals surface area contributed by atoms with Crippen LogP contribution in [-0.4, -0.2) is 32.1 Å². The lowest BCUT2D eigenvalue weighted by atomic mass is 10.1. The average molecular weight is 287 g/mol. The molecule has 1 fully saturated rings. The Morgan fingerprint density at radius 1 is 1.57 bits per heavy atom. The van der Waals surface area contributed by atoms with E-state index in [0.717, 1.165) is 30.8 Å². The highest BCUT2D eigenvalue weighted by Gasteiger charge is 2.34. The van der Waals surface area contributed by atoms with E-state index in [4.69, 9.17) is 5.73 Å². The minimum atomic E-state index is -0.0212. The number of aromatic nitrogens is 3. The summed E-state index contributed by atoms with van der Waals surface area (Å²) in [4.78, 5) is 18.1. The highest BCUT2D eigenvalue weighted by atomic mass is 16.2. The molecule has 1 atom stereocenters. The summed E-state index contributed by atoms with van der Waals surface area (Å²) < 4.78 is 1.71. The Kier molecular flexibility index (Phi) is 3.45. The van der Waals surface area contributed by atoms with Crippen molar-refractivity contribution in [2.24, 2.45) is 0 Å². The second-order valence-electron chi connectivity index (χ2n) is 5.45. The van der Waals surface area contributed by atoms with E-state index in [1.807, 2.05) is 37.1 Å². The molecule has 1 aliphatic rings. The quantitative estimate of drug-likeness (QED) is 0.907. The molecule has 2 aromatic heterocycles. The number of nitrogens with zero attached hydrogens (tertiary/aromatic N) is 3. The lowest BCUT2D eigenvalue weighted by Gasteiger charge is -2.24. The Balaban J connectivity index is 1.95. The van der Waals surface area contributed by atoms with Gasteiger partial charge in [0.15, 0.2) is 0 Å². The second kappa shape index (κ2) is 5.27. The van der Waals surface area contributed by atoms with Crippen molar-refractivity contribution < 1.29 is 4.79 Å². The molecular formula is C15H21N5O. The van der Waals surface area contributed by atoms with E-state index in [1.54, 1.807) is 4.68 Å². The van der Waals surface area contributed by atoms with Crippen molar-refractivity contribution in [3.05, 3.63) is 35.4 Å². The van der Waals surface area contributed by atoms with E-state index in [0.29, 0.717) is 17.9 Å². The van der Waals surface area contributed by atoms with Gasteiger partial charge in [0.05, 0.1) is 17.4 Å². The lowest BCUT2D eigenvalue weighted by Crippen LogP contribution is -2.33. The van der Waals surface area contributed by atoms with Crippen molar-refractivity contribution in [2.45, 2.75) is 39.3 Å². The summed E-state index contributed by atoms with van der Waals surface area (Å²) in [5.41, 5.74) is 8.89. The van der Waals surface area contributed by atoms with Gasteiger partial charge in [0.2, 0.25) is 0 Å². The minimum absolute atomic E-state index is 0.0212. The maximum atomic E-state index is 12.9. The molecule has 3 rings (SSSR count). The van der Waals surface area contributed by atoms with E-state index in [9.17, 15) is 4.79 Å². The number of nitrogens with two attached hydrogens (primary N) is 1. The Labute approximate surface area is 123 Å². The van der Waals surface area contributed by atoms with Crippen LogP contribution in [0.1, 0.15) is 47.7 Å². The number of carbonyl (C=O) groups is 1. The van der Waals surface area contributed by atoms with Gasteiger partial charge in [0.1, 0.15) is 5.69 Å². The summed E-state index contributed by atoms with van der Waals surface area (Å²) in [7, 11) is 0. The highest BCUT2D eigenvalue weighted by Crippen LogP contribution is 2.33. The van der Waals surface area contributed by atoms with Crippen LogP contribution in [0.3, 0.4) is 0 Å². The first-order valence-electron chi connectivity index (χ1n) is 7.40. The number of anilines is 1. The fraction of sp³-hybridized carbons (Fsp3) is 0.467. The Morgan fingerprint density at radius 2 is 2.38 bits per heavy atom. The molecule has 1 aliphatic heterocycles. The molecule has 0 spiro atoms. The van der Waals surface area contributed by atoms with Crippen molar-refractivity contribution in [1.82, 2.24) is 19.7 Å². The van der Waals surface area contributed by atoms with Gasteiger partial charge in [-0.3, -0.25) is 9.48 Å². The van der Waals surface area contributed by atoms with E-state index in [-0.39, 0.29) is 11.9 Å². The second-order valence-corrected chi connectivity index (χ2v) is 5.45. The molecule has 112 valence electrons. The first-order chi connectivity index (χ1) is 10.1. The summed E-state index contributed by atoms with van der Waals surface area (Å²) in [6, 6.07) is 4.10. The first-order valence-corrected chi connectivity index (χ1v) is 7.40. The van der Waals surface area contributed by atoms with E-state index in [2.05, 4.69) is 10.1 Å². The number of nitrogens with one attached hydrogen (secondary N) is 1. The Hall–Kier alpha value is -2.24. The van der Waals surface area contributed by atoms with Crippen molar-refractivity contribution >= 4 is 11.6 Å². The molecular weight excluding hydrogens is 266 g/mol. The van der Waals surface area contributed by atoms with E-state index < -0.39 is 0 Å². The van der Waals surface area contributed by atoms with Crippen LogP contribution in [0.2, 0.25) is 0 Å². The van der Waals surface area contributed by atoms with Crippen LogP contribution in [0.4, 0.5) is 5.69 Å². The summed E-state index contributed by atoms with van der Waals surface area (Å²) >= 11 is 0. The molecule has 21 heavy (non-hydrogen) atoms. The van der Waals surface area contributed by atoms with Gasteiger partial charge in [0.25, 0.3) is 5.91 Å². The molecule has 0 bridgehead atoms. The summed E-state index contributed by atoms with van der Waals surface area (Å²) in [6.45, 7) is 5.20. The monoisotopic (exact) mass is 287 g/mol. The lowest BCUT2D eigenvalue weighted by molar-refractivity contribution is 0.0722. The summed E-state index contributed by atoms with van der Waals surface area (Å²) in [5.74, 6) is -0.0212. The highest BCUT2D eigenvalue weighted by molar-refractivity contribution is 5.98. The third-order valence-electron chi connectivity index (χ3n) is 4.17. The molecule has 6 heteroatoms. The maximum Gasteiger partial charge on any atom is 0.274 e. The number of rotatable bonds is 3. The zero-order chi connectivity index (χ0) is 15.0. The third-order valence-corrected chi connectivity index (χ3v) is 4.17. The van der Waals surface area contributed by atoms with Crippen LogP contribution in [-0.2, 0) is 6.54 Å². The number of likely N-dealkylation sites (tertiary alicyclic amines) is 1. The van der Waals surface area contributed by atoms with Crippen molar-refractivity contribution in [2.75, 3.05) is 12.3 Å². The van der Waals surface area contributed by atoms with Gasteiger partial charge in [-0.05, 0) is 38.8 Å². The molecule has 1 unspecified atom stereocenters. The predicted molar refractivity (Wildman–Crippen MR) is 80.9 cm³/mol. The van der Waals surface area contributed by atoms with Crippen LogP contribution >= 0.6 is 0 Å². The normalized spacial score (nSPS) is 18.4. The topological polar surface area (TPSA) is 79.9 Å². The van der Waals surface area contributed by atoms with Crippen molar-refractivity contribution in [3.63, 3.8) is 0 Å². The smallest absolute Gasteiger partial charge is 0.274 e. The van der Waals surface area contributed by atoms with Crippen LogP contribution in [0.15, 0.2) is 18.3 Å². The van der Waals surface area contributed by atoms with Gasteiger partial charge in [-0.1, -0.05) is 0 Å². The Bertz CT molecular complexity index is 643. The molecule has 0 aliphatic carbocycles. The van der Waals surface area contributed by atoms with Crippen LogP contribution in [0, 0.1) is 6.92 Å². The van der Waals surface area contributed by atoms with Gasteiger partial charge >= 0.3 is 0 Å². The predicted octanol–water partition coefficient (Wildman–Crippen LogP) is 2.10. The number of H-pyrrole nitrogens is 1. The maximum absolute atomic E-state index is 12.9. The minimum Gasteiger partial charge on any atom is -0.395 e. The number of nitrogen functional groups attached to an aromatic ring is 1. The van der Waals surface area contributed by atoms with Crippen LogP contribution < -0.4 is 5.73 Å². The van der Waals surface area contributed by atoms with Gasteiger partial charge in [-0.15, -0.1) is 0 Å². The average Bonchev–Trinajstić information content (AvgIpc) is 3.18. The molecule has 1 amide bonds. The number of hydrogen-bond donors (Lipinski definition) is 2. The molecule has 2 aromatic rings. The summed E-state index contributed by atoms with van der Waals surface area (Å²) in [6.07, 6.45) is 3.88. The zero-order valence-corrected chi connectivity index (χ0v) is 12.5. The molecule has 3 heterocycles. The fourth-order valence-electron chi connectivity index (χ4n) is 3.07. The number of aromatic amines is 1. The third kappa shape index (κ3) is 2.20. The fourth-order valence-corrected chi connectivity index (χ4v) is 3.07. The van der Waals surface area contributed by atoms with Crippen molar-refractivity contribution in [1.29, 1.82) is 0 Å². The van der Waals surface area contributed by atoms with Crippen LogP contribution in [0.25, 0.3) is 0 Å². The number of hydrogen-bond acceptors (Lipinski definition) is 3.